The van der Waals surface area contributed by atoms with Gasteiger partial charge in [0.15, 0.2) is 5.65 Å². The molecule has 3 aliphatic heterocycles. The Hall–Kier alpha value is -3.08. The minimum absolute atomic E-state index is 0.118. The predicted molar refractivity (Wildman–Crippen MR) is 161 cm³/mol. The molecule has 1 saturated heterocycles. The van der Waals surface area contributed by atoms with Gasteiger partial charge in [-0.1, -0.05) is 19.9 Å². The van der Waals surface area contributed by atoms with Gasteiger partial charge in [-0.15, -0.1) is 0 Å². The molecular formula is C32H47FN4O5. The molecule has 6 rings (SSSR count). The van der Waals surface area contributed by atoms with Gasteiger partial charge in [0.2, 0.25) is 0 Å². The van der Waals surface area contributed by atoms with Crippen LogP contribution in [0.2, 0.25) is 0 Å². The number of piperidine rings is 1. The molecule has 10 heteroatoms. The molecule has 0 saturated carbocycles. The summed E-state index contributed by atoms with van der Waals surface area (Å²) in [4.78, 5) is 18.5. The third kappa shape index (κ3) is 9.21. The molecule has 0 radical (unpaired) electrons. The SMILES string of the molecule is CC.CC(C)(C)O.Cc1nc2cc3nn2c(c1CC(=O)O)N1CCC(C)(CC1)OCCCc1cc(F)ccc1COC3. The first-order valence-electron chi connectivity index (χ1n) is 14.9. The zero-order valence-corrected chi connectivity index (χ0v) is 26.2. The summed E-state index contributed by atoms with van der Waals surface area (Å²) < 4.78 is 28.0. The van der Waals surface area contributed by atoms with E-state index < -0.39 is 11.6 Å². The number of halogens is 1. The van der Waals surface area contributed by atoms with Crippen molar-refractivity contribution in [2.75, 3.05) is 24.6 Å². The average Bonchev–Trinajstić information content (AvgIpc) is 3.30. The number of aromatic nitrogens is 3. The van der Waals surface area contributed by atoms with Crippen molar-refractivity contribution < 1.29 is 28.9 Å². The highest BCUT2D eigenvalue weighted by atomic mass is 19.1. The molecule has 42 heavy (non-hydrogen) atoms. The summed E-state index contributed by atoms with van der Waals surface area (Å²) in [7, 11) is 0. The van der Waals surface area contributed by atoms with Crippen LogP contribution in [0.1, 0.15) is 88.9 Å². The van der Waals surface area contributed by atoms with Gasteiger partial charge < -0.3 is 24.6 Å². The summed E-state index contributed by atoms with van der Waals surface area (Å²) >= 11 is 0. The van der Waals surface area contributed by atoms with Gasteiger partial charge >= 0.3 is 5.97 Å². The fourth-order valence-corrected chi connectivity index (χ4v) is 5.09. The molecule has 4 bridgehead atoms. The van der Waals surface area contributed by atoms with Crippen molar-refractivity contribution in [3.05, 3.63) is 58.2 Å². The van der Waals surface area contributed by atoms with E-state index in [4.69, 9.17) is 19.7 Å². The van der Waals surface area contributed by atoms with E-state index in [-0.39, 0.29) is 24.4 Å². The molecule has 0 spiro atoms. The van der Waals surface area contributed by atoms with E-state index in [1.54, 1.807) is 37.4 Å². The van der Waals surface area contributed by atoms with Gasteiger partial charge in [0.1, 0.15) is 11.6 Å². The molecule has 9 nitrogen and oxygen atoms in total. The quantitative estimate of drug-likeness (QED) is 0.397. The van der Waals surface area contributed by atoms with E-state index in [9.17, 15) is 14.3 Å². The maximum absolute atomic E-state index is 13.9. The summed E-state index contributed by atoms with van der Waals surface area (Å²) in [5, 5.41) is 22.9. The highest BCUT2D eigenvalue weighted by molar-refractivity contribution is 5.74. The number of nitrogens with zero attached hydrogens (tertiary/aromatic N) is 4. The van der Waals surface area contributed by atoms with E-state index in [0.29, 0.717) is 35.8 Å². The first kappa shape index (κ1) is 33.4. The van der Waals surface area contributed by atoms with Crippen LogP contribution in [0, 0.1) is 12.7 Å². The highest BCUT2D eigenvalue weighted by Gasteiger charge is 2.33. The Balaban J connectivity index is 0.000000627. The second kappa shape index (κ2) is 14.4. The molecule has 0 atom stereocenters. The third-order valence-electron chi connectivity index (χ3n) is 7.10. The lowest BCUT2D eigenvalue weighted by Gasteiger charge is -2.41. The monoisotopic (exact) mass is 586 g/mol. The molecule has 2 N–H and O–H groups in total. The number of anilines is 1. The number of benzene rings is 1. The lowest BCUT2D eigenvalue weighted by Crippen LogP contribution is -2.45. The zero-order valence-electron chi connectivity index (χ0n) is 26.2. The number of aliphatic carboxylic acids is 1. The smallest absolute Gasteiger partial charge is 0.308 e. The number of fused-ring (bicyclic) bond motifs is 7. The van der Waals surface area contributed by atoms with Gasteiger partial charge in [0, 0.05) is 37.0 Å². The minimum Gasteiger partial charge on any atom is -0.481 e. The molecule has 232 valence electrons. The Labute approximate surface area is 248 Å². The van der Waals surface area contributed by atoms with Gasteiger partial charge in [-0.2, -0.15) is 9.61 Å². The van der Waals surface area contributed by atoms with Crippen molar-refractivity contribution in [1.29, 1.82) is 0 Å². The van der Waals surface area contributed by atoms with Crippen LogP contribution < -0.4 is 4.90 Å². The van der Waals surface area contributed by atoms with Crippen molar-refractivity contribution in [3.8, 4) is 0 Å². The molecule has 2 aromatic heterocycles. The van der Waals surface area contributed by atoms with E-state index in [0.717, 1.165) is 55.7 Å². The molecule has 1 aromatic carbocycles. The van der Waals surface area contributed by atoms with Crippen LogP contribution in [0.4, 0.5) is 10.2 Å². The van der Waals surface area contributed by atoms with Crippen LogP contribution in [0.5, 0.6) is 0 Å². The first-order chi connectivity index (χ1) is 19.8. The number of aryl methyl sites for hydroxylation is 2. The fourth-order valence-electron chi connectivity index (χ4n) is 5.09. The van der Waals surface area contributed by atoms with Crippen LogP contribution in [0.15, 0.2) is 24.3 Å². The van der Waals surface area contributed by atoms with Gasteiger partial charge in [0.05, 0.1) is 36.5 Å². The van der Waals surface area contributed by atoms with Crippen molar-refractivity contribution in [2.45, 2.75) is 105 Å². The highest BCUT2D eigenvalue weighted by Crippen LogP contribution is 2.33. The van der Waals surface area contributed by atoms with Crippen LogP contribution in [0.3, 0.4) is 0 Å². The van der Waals surface area contributed by atoms with Gasteiger partial charge in [-0.25, -0.2) is 9.37 Å². The van der Waals surface area contributed by atoms with Crippen molar-refractivity contribution >= 4 is 17.4 Å². The third-order valence-corrected chi connectivity index (χ3v) is 7.10. The second-order valence-electron chi connectivity index (χ2n) is 11.9. The Kier molecular flexibility index (Phi) is 11.5. The van der Waals surface area contributed by atoms with E-state index in [1.165, 1.54) is 6.07 Å². The predicted octanol–water partition coefficient (Wildman–Crippen LogP) is 5.65. The molecule has 0 unspecified atom stereocenters. The molecule has 1 fully saturated rings. The molecule has 0 amide bonds. The topological polar surface area (TPSA) is 109 Å². The number of aliphatic hydroxyl groups is 1. The molecule has 3 aromatic rings. The Morgan fingerprint density at radius 3 is 2.43 bits per heavy atom. The normalized spacial score (nSPS) is 17.0. The number of carboxylic acid groups (broad SMARTS) is 1. The Morgan fingerprint density at radius 2 is 1.79 bits per heavy atom. The van der Waals surface area contributed by atoms with Gasteiger partial charge in [0.25, 0.3) is 0 Å². The lowest BCUT2D eigenvalue weighted by molar-refractivity contribution is -0.136. The number of carboxylic acids is 1. The molecule has 5 heterocycles. The average molecular weight is 587 g/mol. The van der Waals surface area contributed by atoms with Crippen LogP contribution in [-0.4, -0.2) is 61.7 Å². The lowest BCUT2D eigenvalue weighted by atomic mass is 9.92. The number of rotatable bonds is 2. The van der Waals surface area contributed by atoms with Gasteiger partial charge in [-0.3, -0.25) is 4.79 Å². The summed E-state index contributed by atoms with van der Waals surface area (Å²) in [5.74, 6) is -0.361. The van der Waals surface area contributed by atoms with Crippen LogP contribution >= 0.6 is 0 Å². The number of hydrogen-bond acceptors (Lipinski definition) is 7. The number of carbonyl (C=O) groups is 1. The van der Waals surface area contributed by atoms with Crippen LogP contribution in [-0.2, 0) is 40.3 Å². The number of ether oxygens (including phenoxy) is 2. The summed E-state index contributed by atoms with van der Waals surface area (Å²) in [5.41, 5.74) is 3.88. The van der Waals surface area contributed by atoms with E-state index in [2.05, 4.69) is 16.8 Å². The molecule has 3 aliphatic rings. The first-order valence-corrected chi connectivity index (χ1v) is 14.9. The Bertz CT molecular complexity index is 1340. The fraction of sp³-hybridized carbons (Fsp3) is 0.594. The minimum atomic E-state index is -0.898. The van der Waals surface area contributed by atoms with Crippen LogP contribution in [0.25, 0.3) is 5.65 Å². The summed E-state index contributed by atoms with van der Waals surface area (Å²) in [6.45, 7) is 15.9. The van der Waals surface area contributed by atoms with Crippen molar-refractivity contribution in [3.63, 3.8) is 0 Å². The largest absolute Gasteiger partial charge is 0.481 e. The second-order valence-corrected chi connectivity index (χ2v) is 11.9. The van der Waals surface area contributed by atoms with Crippen molar-refractivity contribution in [2.24, 2.45) is 0 Å². The number of hydrogen-bond donors (Lipinski definition) is 2. The summed E-state index contributed by atoms with van der Waals surface area (Å²) in [6, 6.07) is 6.71. The summed E-state index contributed by atoms with van der Waals surface area (Å²) in [6.07, 6.45) is 3.02. The Morgan fingerprint density at radius 1 is 1.12 bits per heavy atom. The van der Waals surface area contributed by atoms with Gasteiger partial charge in [-0.05, 0) is 83.6 Å². The zero-order chi connectivity index (χ0) is 31.1. The maximum Gasteiger partial charge on any atom is 0.308 e. The standard InChI is InChI=1S/C26H31FN4O4.C4H10O.C2H6/c1-17-22(14-24(32)33)25-30-9-7-26(2,8-10-30)35-11-3-4-18-12-20(27)6-5-19(18)15-34-16-21-13-23(28-17)31(25)29-21;1-4(2,3)5;1-2/h5-6,12-13H,3-4,7-11,14-16H2,1-2H3,(H,32,33);5H,1-3H3;1-2H3. The maximum atomic E-state index is 13.9. The van der Waals surface area contributed by atoms with Crippen molar-refractivity contribution in [1.82, 2.24) is 14.6 Å². The molecule has 0 aliphatic carbocycles. The van der Waals surface area contributed by atoms with E-state index >= 15 is 0 Å². The van der Waals surface area contributed by atoms with E-state index in [1.807, 2.05) is 26.8 Å². The molecular weight excluding hydrogens is 539 g/mol.